The van der Waals surface area contributed by atoms with E-state index in [2.05, 4.69) is 10.0 Å². The first-order valence-corrected chi connectivity index (χ1v) is 9.58. The zero-order valence-corrected chi connectivity index (χ0v) is 15.1. The predicted molar refractivity (Wildman–Crippen MR) is 94.8 cm³/mol. The molecule has 2 saturated heterocycles. The van der Waals surface area contributed by atoms with E-state index in [0.29, 0.717) is 25.2 Å². The number of fused-ring (bicyclic) bond motifs is 2. The number of nitrogens with one attached hydrogen (secondary N) is 2. The van der Waals surface area contributed by atoms with Gasteiger partial charge in [0.05, 0.1) is 0 Å². The van der Waals surface area contributed by atoms with Gasteiger partial charge in [-0.25, -0.2) is 0 Å². The number of halogens is 1. The number of hydrogen-bond donors (Lipinski definition) is 2. The second-order valence-electron chi connectivity index (χ2n) is 6.34. The fraction of sp³-hybridized carbons (Fsp3) is 0.625. The van der Waals surface area contributed by atoms with Crippen molar-refractivity contribution in [3.05, 3.63) is 35.9 Å². The Labute approximate surface area is 145 Å². The summed E-state index contributed by atoms with van der Waals surface area (Å²) >= 11 is 0. The van der Waals surface area contributed by atoms with Gasteiger partial charge in [-0.1, -0.05) is 37.3 Å². The summed E-state index contributed by atoms with van der Waals surface area (Å²) < 4.78 is 29.8. The smallest absolute Gasteiger partial charge is 0.279 e. The van der Waals surface area contributed by atoms with Crippen LogP contribution in [0.3, 0.4) is 0 Å². The molecule has 2 aliphatic heterocycles. The summed E-state index contributed by atoms with van der Waals surface area (Å²) in [5.41, 5.74) is 1.01. The Morgan fingerprint density at radius 3 is 2.35 bits per heavy atom. The molecule has 1 aromatic carbocycles. The lowest BCUT2D eigenvalue weighted by atomic mass is 10.0. The van der Waals surface area contributed by atoms with Gasteiger partial charge in [0.2, 0.25) is 0 Å². The van der Waals surface area contributed by atoms with Crippen molar-refractivity contribution in [3.8, 4) is 0 Å². The van der Waals surface area contributed by atoms with E-state index in [-0.39, 0.29) is 18.4 Å². The molecule has 2 bridgehead atoms. The van der Waals surface area contributed by atoms with Gasteiger partial charge in [-0.05, 0) is 31.2 Å². The van der Waals surface area contributed by atoms with Crippen molar-refractivity contribution in [2.75, 3.05) is 6.54 Å². The molecule has 0 radical (unpaired) electrons. The first-order chi connectivity index (χ1) is 10.6. The molecule has 0 aliphatic carbocycles. The third-order valence-corrected chi connectivity index (χ3v) is 6.38. The maximum absolute atomic E-state index is 12.7. The number of benzene rings is 1. The maximum atomic E-state index is 12.7. The minimum atomic E-state index is -3.43. The van der Waals surface area contributed by atoms with Crippen LogP contribution in [0.2, 0.25) is 0 Å². The molecule has 3 rings (SSSR count). The average Bonchev–Trinajstić information content (AvgIpc) is 2.84. The van der Waals surface area contributed by atoms with E-state index < -0.39 is 10.2 Å². The van der Waals surface area contributed by atoms with Crippen LogP contribution in [-0.2, 0) is 16.8 Å². The number of piperidine rings is 1. The lowest BCUT2D eigenvalue weighted by molar-refractivity contribution is 0.333. The lowest BCUT2D eigenvalue weighted by Gasteiger charge is -2.31. The van der Waals surface area contributed by atoms with E-state index in [9.17, 15) is 8.42 Å². The van der Waals surface area contributed by atoms with Gasteiger partial charge in [0.25, 0.3) is 10.2 Å². The normalized spacial score (nSPS) is 27.0. The molecule has 1 aromatic rings. The monoisotopic (exact) mass is 359 g/mol. The van der Waals surface area contributed by atoms with Gasteiger partial charge in [0.15, 0.2) is 0 Å². The minimum absolute atomic E-state index is 0. The highest BCUT2D eigenvalue weighted by atomic mass is 35.5. The van der Waals surface area contributed by atoms with E-state index in [1.807, 2.05) is 37.3 Å². The van der Waals surface area contributed by atoms with Crippen molar-refractivity contribution in [3.63, 3.8) is 0 Å². The molecule has 2 unspecified atom stereocenters. The van der Waals surface area contributed by atoms with E-state index in [1.165, 1.54) is 17.1 Å². The van der Waals surface area contributed by atoms with Crippen molar-refractivity contribution in [2.45, 2.75) is 57.3 Å². The largest absolute Gasteiger partial charge is 0.311 e. The van der Waals surface area contributed by atoms with E-state index in [0.717, 1.165) is 18.4 Å². The fourth-order valence-corrected chi connectivity index (χ4v) is 5.01. The number of rotatable bonds is 6. The summed E-state index contributed by atoms with van der Waals surface area (Å²) in [6.45, 7) is 2.78. The molecule has 2 heterocycles. The molecule has 130 valence electrons. The van der Waals surface area contributed by atoms with Gasteiger partial charge in [-0.15, -0.1) is 12.4 Å². The molecule has 5 nitrogen and oxygen atoms in total. The molecular weight excluding hydrogens is 334 g/mol. The predicted octanol–water partition coefficient (Wildman–Crippen LogP) is 2.05. The van der Waals surface area contributed by atoms with Crippen molar-refractivity contribution in [1.82, 2.24) is 14.3 Å². The Bertz CT molecular complexity index is 585. The Morgan fingerprint density at radius 2 is 1.78 bits per heavy atom. The Hall–Kier alpha value is -0.660. The van der Waals surface area contributed by atoms with Gasteiger partial charge in [-0.2, -0.15) is 17.4 Å². The zero-order chi connectivity index (χ0) is 15.6. The molecule has 0 aromatic heterocycles. The summed E-state index contributed by atoms with van der Waals surface area (Å²) in [6, 6.07) is 10.8. The van der Waals surface area contributed by atoms with Crippen LogP contribution in [0.4, 0.5) is 0 Å². The summed E-state index contributed by atoms with van der Waals surface area (Å²) in [5, 5.41) is 3.54. The van der Waals surface area contributed by atoms with Gasteiger partial charge >= 0.3 is 0 Å². The van der Waals surface area contributed by atoms with Crippen molar-refractivity contribution < 1.29 is 8.42 Å². The van der Waals surface area contributed by atoms with E-state index in [1.54, 1.807) is 0 Å². The van der Waals surface area contributed by atoms with Gasteiger partial charge < -0.3 is 5.32 Å². The molecule has 0 spiro atoms. The third kappa shape index (κ3) is 4.67. The summed E-state index contributed by atoms with van der Waals surface area (Å²) in [6.07, 6.45) is 4.14. The molecule has 2 aliphatic rings. The summed E-state index contributed by atoms with van der Waals surface area (Å²) in [4.78, 5) is 0. The highest BCUT2D eigenvalue weighted by Gasteiger charge is 2.36. The molecule has 0 saturated carbocycles. The fourth-order valence-electron chi connectivity index (χ4n) is 3.59. The molecule has 2 N–H and O–H groups in total. The Kier molecular flexibility index (Phi) is 6.45. The van der Waals surface area contributed by atoms with Crippen molar-refractivity contribution in [2.24, 2.45) is 0 Å². The van der Waals surface area contributed by atoms with E-state index in [4.69, 9.17) is 0 Å². The highest BCUT2D eigenvalue weighted by molar-refractivity contribution is 7.87. The minimum Gasteiger partial charge on any atom is -0.311 e. The van der Waals surface area contributed by atoms with Gasteiger partial charge in [0.1, 0.15) is 0 Å². The topological polar surface area (TPSA) is 61.4 Å². The SMILES string of the molecule is CCN(Cc1ccccc1)S(=O)(=O)NC1CC2CCC(C1)N2.Cl. The first-order valence-electron chi connectivity index (χ1n) is 8.14. The number of hydrogen-bond acceptors (Lipinski definition) is 3. The van der Waals surface area contributed by atoms with Crippen LogP contribution < -0.4 is 10.0 Å². The van der Waals surface area contributed by atoms with Crippen LogP contribution in [0, 0.1) is 0 Å². The van der Waals surface area contributed by atoms with Gasteiger partial charge in [-0.3, -0.25) is 0 Å². The average molecular weight is 360 g/mol. The van der Waals surface area contributed by atoms with Crippen LogP contribution in [0.1, 0.15) is 38.2 Å². The first kappa shape index (κ1) is 18.7. The number of nitrogens with zero attached hydrogens (tertiary/aromatic N) is 1. The third-order valence-electron chi connectivity index (χ3n) is 4.68. The second-order valence-corrected chi connectivity index (χ2v) is 8.04. The van der Waals surface area contributed by atoms with Crippen LogP contribution in [0.5, 0.6) is 0 Å². The van der Waals surface area contributed by atoms with E-state index >= 15 is 0 Å². The van der Waals surface area contributed by atoms with Gasteiger partial charge in [0, 0.05) is 31.2 Å². The molecular formula is C16H26ClN3O2S. The lowest BCUT2D eigenvalue weighted by Crippen LogP contribution is -2.51. The van der Waals surface area contributed by atoms with Crippen LogP contribution in [0.25, 0.3) is 0 Å². The molecule has 2 fully saturated rings. The molecule has 0 amide bonds. The molecule has 23 heavy (non-hydrogen) atoms. The molecule has 7 heteroatoms. The standard InChI is InChI=1S/C16H25N3O2S.ClH/c1-2-19(12-13-6-4-3-5-7-13)22(20,21)18-16-10-14-8-9-15(11-16)17-14;/h3-7,14-18H,2,8-12H2,1H3;1H. The summed E-state index contributed by atoms with van der Waals surface area (Å²) in [7, 11) is -3.43. The zero-order valence-electron chi connectivity index (χ0n) is 13.4. The van der Waals surface area contributed by atoms with Crippen molar-refractivity contribution in [1.29, 1.82) is 0 Å². The van der Waals surface area contributed by atoms with Crippen molar-refractivity contribution >= 4 is 22.6 Å². The van der Waals surface area contributed by atoms with Crippen LogP contribution >= 0.6 is 12.4 Å². The summed E-state index contributed by atoms with van der Waals surface area (Å²) in [5.74, 6) is 0. The highest BCUT2D eigenvalue weighted by Crippen LogP contribution is 2.27. The maximum Gasteiger partial charge on any atom is 0.279 e. The quantitative estimate of drug-likeness (QED) is 0.817. The van der Waals surface area contributed by atoms with Crippen LogP contribution in [-0.4, -0.2) is 37.4 Å². The Morgan fingerprint density at radius 1 is 1.17 bits per heavy atom. The molecule has 2 atom stereocenters. The Balaban J connectivity index is 0.00000192. The van der Waals surface area contributed by atoms with Crippen LogP contribution in [0.15, 0.2) is 30.3 Å². The second kappa shape index (κ2) is 7.94.